The lowest BCUT2D eigenvalue weighted by Gasteiger charge is -2.22. The van der Waals surface area contributed by atoms with Crippen molar-refractivity contribution < 1.29 is 5.11 Å². The molecule has 17 heavy (non-hydrogen) atoms. The van der Waals surface area contributed by atoms with Crippen LogP contribution in [0.3, 0.4) is 0 Å². The van der Waals surface area contributed by atoms with Gasteiger partial charge in [-0.1, -0.05) is 51.1 Å². The number of benzene rings is 1. The van der Waals surface area contributed by atoms with Gasteiger partial charge in [0.1, 0.15) is 0 Å². The minimum atomic E-state index is -0.301. The number of rotatable bonds is 7. The fraction of sp³-hybridized carbons (Fsp3) is 0.600. The minimum Gasteiger partial charge on any atom is -0.391 e. The van der Waals surface area contributed by atoms with Crippen LogP contribution in [0.1, 0.15) is 32.8 Å². The van der Waals surface area contributed by atoms with Crippen molar-refractivity contribution in [2.45, 2.75) is 45.8 Å². The van der Waals surface area contributed by atoms with E-state index in [4.69, 9.17) is 0 Å². The van der Waals surface area contributed by atoms with Crippen LogP contribution in [0, 0.1) is 5.92 Å². The van der Waals surface area contributed by atoms with E-state index in [0.29, 0.717) is 18.5 Å². The lowest BCUT2D eigenvalue weighted by Crippen LogP contribution is -2.39. The van der Waals surface area contributed by atoms with Crippen LogP contribution in [0.25, 0.3) is 0 Å². The first-order valence-corrected chi connectivity index (χ1v) is 6.58. The molecule has 0 saturated heterocycles. The van der Waals surface area contributed by atoms with Crippen LogP contribution >= 0.6 is 0 Å². The molecule has 1 rings (SSSR count). The summed E-state index contributed by atoms with van der Waals surface area (Å²) in [6.45, 7) is 7.28. The second-order valence-corrected chi connectivity index (χ2v) is 5.01. The van der Waals surface area contributed by atoms with E-state index in [1.807, 2.05) is 18.2 Å². The Bertz CT molecular complexity index is 297. The molecule has 1 aromatic carbocycles. The Kier molecular flexibility index (Phi) is 6.23. The van der Waals surface area contributed by atoms with Gasteiger partial charge in [0.05, 0.1) is 6.10 Å². The molecule has 2 N–H and O–H groups in total. The average molecular weight is 235 g/mol. The van der Waals surface area contributed by atoms with Gasteiger partial charge in [0.25, 0.3) is 0 Å². The maximum absolute atomic E-state index is 9.97. The van der Waals surface area contributed by atoms with Crippen molar-refractivity contribution in [3.05, 3.63) is 35.9 Å². The summed E-state index contributed by atoms with van der Waals surface area (Å²) in [6, 6.07) is 10.6. The SMILES string of the molecule is CCC(NCC(O)Cc1ccccc1)C(C)C. The highest BCUT2D eigenvalue weighted by atomic mass is 16.3. The van der Waals surface area contributed by atoms with Crippen molar-refractivity contribution in [3.8, 4) is 0 Å². The van der Waals surface area contributed by atoms with Gasteiger partial charge in [-0.2, -0.15) is 0 Å². The summed E-state index contributed by atoms with van der Waals surface area (Å²) in [4.78, 5) is 0. The highest BCUT2D eigenvalue weighted by Crippen LogP contribution is 2.07. The van der Waals surface area contributed by atoms with Crippen LogP contribution < -0.4 is 5.32 Å². The molecule has 0 saturated carbocycles. The van der Waals surface area contributed by atoms with E-state index >= 15 is 0 Å². The van der Waals surface area contributed by atoms with E-state index in [1.54, 1.807) is 0 Å². The molecule has 0 amide bonds. The Labute approximate surface area is 105 Å². The Balaban J connectivity index is 2.32. The molecule has 0 aliphatic carbocycles. The van der Waals surface area contributed by atoms with Crippen LogP contribution in [-0.2, 0) is 6.42 Å². The van der Waals surface area contributed by atoms with Crippen molar-refractivity contribution in [2.24, 2.45) is 5.92 Å². The van der Waals surface area contributed by atoms with E-state index in [0.717, 1.165) is 12.8 Å². The molecule has 2 atom stereocenters. The van der Waals surface area contributed by atoms with Gasteiger partial charge in [-0.05, 0) is 24.3 Å². The van der Waals surface area contributed by atoms with Crippen LogP contribution in [0.5, 0.6) is 0 Å². The van der Waals surface area contributed by atoms with E-state index in [-0.39, 0.29) is 6.10 Å². The highest BCUT2D eigenvalue weighted by molar-refractivity contribution is 5.15. The molecule has 0 radical (unpaired) electrons. The predicted octanol–water partition coefficient (Wildman–Crippen LogP) is 2.61. The van der Waals surface area contributed by atoms with Crippen LogP contribution in [-0.4, -0.2) is 23.8 Å². The largest absolute Gasteiger partial charge is 0.391 e. The van der Waals surface area contributed by atoms with Crippen LogP contribution in [0.4, 0.5) is 0 Å². The maximum atomic E-state index is 9.97. The van der Waals surface area contributed by atoms with Crippen molar-refractivity contribution in [1.29, 1.82) is 0 Å². The second-order valence-electron chi connectivity index (χ2n) is 5.01. The zero-order valence-corrected chi connectivity index (χ0v) is 11.2. The summed E-state index contributed by atoms with van der Waals surface area (Å²) >= 11 is 0. The molecule has 2 nitrogen and oxygen atoms in total. The number of hydrogen-bond donors (Lipinski definition) is 2. The van der Waals surface area contributed by atoms with Gasteiger partial charge < -0.3 is 10.4 Å². The number of nitrogens with one attached hydrogen (secondary N) is 1. The quantitative estimate of drug-likeness (QED) is 0.761. The van der Waals surface area contributed by atoms with Crippen LogP contribution in [0.2, 0.25) is 0 Å². The van der Waals surface area contributed by atoms with E-state index in [9.17, 15) is 5.11 Å². The third-order valence-electron chi connectivity index (χ3n) is 3.17. The lowest BCUT2D eigenvalue weighted by molar-refractivity contribution is 0.162. The zero-order valence-electron chi connectivity index (χ0n) is 11.2. The molecule has 0 heterocycles. The normalized spacial score (nSPS) is 14.9. The molecule has 0 fully saturated rings. The average Bonchev–Trinajstić information content (AvgIpc) is 2.30. The van der Waals surface area contributed by atoms with Gasteiger partial charge >= 0.3 is 0 Å². The Morgan fingerprint density at radius 3 is 2.35 bits per heavy atom. The van der Waals surface area contributed by atoms with Crippen LogP contribution in [0.15, 0.2) is 30.3 Å². The molecular weight excluding hydrogens is 210 g/mol. The second kappa shape index (κ2) is 7.46. The Hall–Kier alpha value is -0.860. The molecular formula is C15H25NO. The number of hydrogen-bond acceptors (Lipinski definition) is 2. The van der Waals surface area contributed by atoms with Crippen molar-refractivity contribution in [1.82, 2.24) is 5.32 Å². The predicted molar refractivity (Wildman–Crippen MR) is 73.1 cm³/mol. The molecule has 0 aliphatic heterocycles. The first-order valence-electron chi connectivity index (χ1n) is 6.58. The van der Waals surface area contributed by atoms with Gasteiger partial charge in [-0.3, -0.25) is 0 Å². The zero-order chi connectivity index (χ0) is 12.7. The van der Waals surface area contributed by atoms with E-state index in [2.05, 4.69) is 38.2 Å². The van der Waals surface area contributed by atoms with Gasteiger partial charge in [-0.15, -0.1) is 0 Å². The number of aliphatic hydroxyl groups is 1. The standard InChI is InChI=1S/C15H25NO/c1-4-15(12(2)3)16-11-14(17)10-13-8-6-5-7-9-13/h5-9,12,14-17H,4,10-11H2,1-3H3. The summed E-state index contributed by atoms with van der Waals surface area (Å²) in [5, 5.41) is 13.4. The highest BCUT2D eigenvalue weighted by Gasteiger charge is 2.12. The van der Waals surface area contributed by atoms with Crippen molar-refractivity contribution >= 4 is 0 Å². The molecule has 0 aliphatic rings. The van der Waals surface area contributed by atoms with E-state index in [1.165, 1.54) is 5.56 Å². The monoisotopic (exact) mass is 235 g/mol. The molecule has 2 unspecified atom stereocenters. The molecule has 2 heteroatoms. The first kappa shape index (κ1) is 14.2. The van der Waals surface area contributed by atoms with E-state index < -0.39 is 0 Å². The summed E-state index contributed by atoms with van der Waals surface area (Å²) < 4.78 is 0. The summed E-state index contributed by atoms with van der Waals surface area (Å²) in [5.74, 6) is 0.615. The van der Waals surface area contributed by atoms with Crippen molar-refractivity contribution in [3.63, 3.8) is 0 Å². The summed E-state index contributed by atoms with van der Waals surface area (Å²) in [5.41, 5.74) is 1.19. The molecule has 1 aromatic rings. The lowest BCUT2D eigenvalue weighted by atomic mass is 10.0. The third kappa shape index (κ3) is 5.33. The third-order valence-corrected chi connectivity index (χ3v) is 3.17. The fourth-order valence-corrected chi connectivity index (χ4v) is 2.10. The van der Waals surface area contributed by atoms with Gasteiger partial charge in [0.2, 0.25) is 0 Å². The minimum absolute atomic E-state index is 0.301. The van der Waals surface area contributed by atoms with Crippen molar-refractivity contribution in [2.75, 3.05) is 6.54 Å². The smallest absolute Gasteiger partial charge is 0.0704 e. The molecule has 0 bridgehead atoms. The maximum Gasteiger partial charge on any atom is 0.0704 e. The molecule has 0 aromatic heterocycles. The van der Waals surface area contributed by atoms with Gasteiger partial charge in [0.15, 0.2) is 0 Å². The Morgan fingerprint density at radius 2 is 1.82 bits per heavy atom. The number of aliphatic hydroxyl groups excluding tert-OH is 1. The summed E-state index contributed by atoms with van der Waals surface area (Å²) in [7, 11) is 0. The molecule has 0 spiro atoms. The van der Waals surface area contributed by atoms with Gasteiger partial charge in [-0.25, -0.2) is 0 Å². The first-order chi connectivity index (χ1) is 8.13. The topological polar surface area (TPSA) is 32.3 Å². The molecule has 96 valence electrons. The summed E-state index contributed by atoms with van der Waals surface area (Å²) in [6.07, 6.45) is 1.53. The Morgan fingerprint density at radius 1 is 1.18 bits per heavy atom. The van der Waals surface area contributed by atoms with Gasteiger partial charge in [0, 0.05) is 12.6 Å². The fourth-order valence-electron chi connectivity index (χ4n) is 2.10.